The summed E-state index contributed by atoms with van der Waals surface area (Å²) in [5.41, 5.74) is 3.24. The van der Waals surface area contributed by atoms with Gasteiger partial charge in [-0.1, -0.05) is 66.7 Å². The van der Waals surface area contributed by atoms with Crippen LogP contribution in [-0.4, -0.2) is 23.7 Å². The van der Waals surface area contributed by atoms with Gasteiger partial charge in [0.25, 0.3) is 0 Å². The first-order valence-electron chi connectivity index (χ1n) is 8.31. The zero-order chi connectivity index (χ0) is 18.5. The fourth-order valence-electron chi connectivity index (χ4n) is 2.97. The number of carboxylic acids is 1. The van der Waals surface area contributed by atoms with Gasteiger partial charge in [0.2, 0.25) is 0 Å². The lowest BCUT2D eigenvalue weighted by molar-refractivity contribution is 0.0515. The Morgan fingerprint density at radius 3 is 2.08 bits per heavy atom. The summed E-state index contributed by atoms with van der Waals surface area (Å²) < 4.78 is 5.12. The molecular weight excluding hydrogens is 328 g/mol. The molecule has 0 atom stereocenters. The number of carboxylic acid groups (broad SMARTS) is 1. The number of rotatable bonds is 5. The van der Waals surface area contributed by atoms with Crippen molar-refractivity contribution < 1.29 is 19.4 Å². The number of ether oxygens (including phenoxy) is 1. The lowest BCUT2D eigenvalue weighted by Gasteiger charge is -2.15. The third-order valence-electron chi connectivity index (χ3n) is 4.08. The van der Waals surface area contributed by atoms with Crippen molar-refractivity contribution in [3.63, 3.8) is 0 Å². The normalized spacial score (nSPS) is 10.3. The molecule has 0 aliphatic carbocycles. The van der Waals surface area contributed by atoms with Crippen LogP contribution in [0.15, 0.2) is 72.8 Å². The first-order valence-corrected chi connectivity index (χ1v) is 8.31. The van der Waals surface area contributed by atoms with Crippen LogP contribution in [0.25, 0.3) is 22.3 Å². The predicted molar refractivity (Wildman–Crippen MR) is 100 cm³/mol. The number of benzene rings is 3. The highest BCUT2D eigenvalue weighted by atomic mass is 16.5. The van der Waals surface area contributed by atoms with E-state index in [1.807, 2.05) is 54.6 Å². The van der Waals surface area contributed by atoms with E-state index in [-0.39, 0.29) is 17.7 Å². The SMILES string of the molecule is CCOC(=O)c1c(C(=O)O)cccc1-c1ccccc1-c1ccccc1. The van der Waals surface area contributed by atoms with E-state index in [1.165, 1.54) is 6.07 Å². The van der Waals surface area contributed by atoms with Crippen LogP contribution in [0, 0.1) is 0 Å². The van der Waals surface area contributed by atoms with Gasteiger partial charge in [-0.3, -0.25) is 0 Å². The molecule has 0 aromatic heterocycles. The topological polar surface area (TPSA) is 63.6 Å². The summed E-state index contributed by atoms with van der Waals surface area (Å²) in [4.78, 5) is 24.2. The maximum atomic E-state index is 12.5. The highest BCUT2D eigenvalue weighted by molar-refractivity contribution is 6.08. The minimum absolute atomic E-state index is 0.0659. The molecule has 0 saturated heterocycles. The molecule has 0 aliphatic rings. The Bertz CT molecular complexity index is 945. The molecule has 0 spiro atoms. The first-order chi connectivity index (χ1) is 12.6. The summed E-state index contributed by atoms with van der Waals surface area (Å²) in [6, 6.07) is 22.2. The van der Waals surface area contributed by atoms with Crippen molar-refractivity contribution in [3.05, 3.63) is 83.9 Å². The second-order valence-electron chi connectivity index (χ2n) is 5.67. The van der Waals surface area contributed by atoms with E-state index in [1.54, 1.807) is 19.1 Å². The average Bonchev–Trinajstić information content (AvgIpc) is 2.68. The number of esters is 1. The van der Waals surface area contributed by atoms with Crippen LogP contribution in [0.5, 0.6) is 0 Å². The van der Waals surface area contributed by atoms with E-state index in [0.29, 0.717) is 5.56 Å². The lowest BCUT2D eigenvalue weighted by Crippen LogP contribution is -2.13. The molecule has 0 bridgehead atoms. The van der Waals surface area contributed by atoms with E-state index >= 15 is 0 Å². The minimum Gasteiger partial charge on any atom is -0.478 e. The Morgan fingerprint density at radius 1 is 0.808 bits per heavy atom. The highest BCUT2D eigenvalue weighted by Crippen LogP contribution is 2.35. The van der Waals surface area contributed by atoms with Gasteiger partial charge < -0.3 is 9.84 Å². The van der Waals surface area contributed by atoms with Crippen molar-refractivity contribution in [1.82, 2.24) is 0 Å². The molecule has 0 amide bonds. The van der Waals surface area contributed by atoms with Gasteiger partial charge in [-0.05, 0) is 35.2 Å². The van der Waals surface area contributed by atoms with Gasteiger partial charge in [-0.2, -0.15) is 0 Å². The van der Waals surface area contributed by atoms with Gasteiger partial charge in [-0.15, -0.1) is 0 Å². The van der Waals surface area contributed by atoms with Crippen molar-refractivity contribution in [2.45, 2.75) is 6.92 Å². The third kappa shape index (κ3) is 3.35. The van der Waals surface area contributed by atoms with Crippen molar-refractivity contribution >= 4 is 11.9 Å². The van der Waals surface area contributed by atoms with Crippen molar-refractivity contribution in [3.8, 4) is 22.3 Å². The molecule has 0 aliphatic heterocycles. The van der Waals surface area contributed by atoms with Gasteiger partial charge >= 0.3 is 11.9 Å². The minimum atomic E-state index is -1.16. The third-order valence-corrected chi connectivity index (χ3v) is 4.08. The van der Waals surface area contributed by atoms with Crippen LogP contribution in [0.2, 0.25) is 0 Å². The van der Waals surface area contributed by atoms with Crippen LogP contribution >= 0.6 is 0 Å². The summed E-state index contributed by atoms with van der Waals surface area (Å²) in [6.07, 6.45) is 0. The first kappa shape index (κ1) is 17.4. The summed E-state index contributed by atoms with van der Waals surface area (Å²) in [7, 11) is 0. The van der Waals surface area contributed by atoms with Gasteiger partial charge in [0.1, 0.15) is 0 Å². The number of carbonyl (C=O) groups is 2. The Balaban J connectivity index is 2.27. The Morgan fingerprint density at radius 2 is 1.42 bits per heavy atom. The van der Waals surface area contributed by atoms with Crippen molar-refractivity contribution in [2.24, 2.45) is 0 Å². The molecule has 0 fully saturated rings. The van der Waals surface area contributed by atoms with Crippen LogP contribution < -0.4 is 0 Å². The zero-order valence-corrected chi connectivity index (χ0v) is 14.3. The molecule has 1 N–H and O–H groups in total. The fourth-order valence-corrected chi connectivity index (χ4v) is 2.97. The number of hydrogen-bond donors (Lipinski definition) is 1. The quantitative estimate of drug-likeness (QED) is 0.668. The Hall–Kier alpha value is -3.40. The number of hydrogen-bond acceptors (Lipinski definition) is 3. The maximum absolute atomic E-state index is 12.5. The average molecular weight is 346 g/mol. The molecule has 3 aromatic carbocycles. The van der Waals surface area contributed by atoms with E-state index < -0.39 is 11.9 Å². The molecule has 0 saturated carbocycles. The van der Waals surface area contributed by atoms with E-state index in [0.717, 1.165) is 16.7 Å². The van der Waals surface area contributed by atoms with Crippen LogP contribution in [0.4, 0.5) is 0 Å². The molecule has 4 nitrogen and oxygen atoms in total. The van der Waals surface area contributed by atoms with Gasteiger partial charge in [0.05, 0.1) is 17.7 Å². The molecular formula is C22H18O4. The van der Waals surface area contributed by atoms with E-state index in [2.05, 4.69) is 0 Å². The van der Waals surface area contributed by atoms with Gasteiger partial charge in [0, 0.05) is 0 Å². The fraction of sp³-hybridized carbons (Fsp3) is 0.0909. The van der Waals surface area contributed by atoms with E-state index in [9.17, 15) is 14.7 Å². The lowest BCUT2D eigenvalue weighted by atomic mass is 9.90. The maximum Gasteiger partial charge on any atom is 0.339 e. The molecule has 3 aromatic rings. The predicted octanol–water partition coefficient (Wildman–Crippen LogP) is 4.90. The number of aromatic carboxylic acids is 1. The van der Waals surface area contributed by atoms with Gasteiger partial charge in [-0.25, -0.2) is 9.59 Å². The molecule has 4 heteroatoms. The standard InChI is InChI=1S/C22H18O4/c1-2-26-22(25)20-18(13-8-14-19(20)21(23)24)17-12-7-6-11-16(17)15-9-4-3-5-10-15/h3-14H,2H2,1H3,(H,23,24). The van der Waals surface area contributed by atoms with Crippen molar-refractivity contribution in [1.29, 1.82) is 0 Å². The van der Waals surface area contributed by atoms with Crippen LogP contribution in [0.1, 0.15) is 27.6 Å². The summed E-state index contributed by atoms with van der Waals surface area (Å²) in [6.45, 7) is 1.87. The molecule has 0 radical (unpaired) electrons. The van der Waals surface area contributed by atoms with Gasteiger partial charge in [0.15, 0.2) is 0 Å². The highest BCUT2D eigenvalue weighted by Gasteiger charge is 2.23. The van der Waals surface area contributed by atoms with E-state index in [4.69, 9.17) is 4.74 Å². The Labute approximate surface area is 151 Å². The smallest absolute Gasteiger partial charge is 0.339 e. The van der Waals surface area contributed by atoms with Crippen molar-refractivity contribution in [2.75, 3.05) is 6.61 Å². The summed E-state index contributed by atoms with van der Waals surface area (Å²) in [5, 5.41) is 9.53. The molecule has 0 heterocycles. The summed E-state index contributed by atoms with van der Waals surface area (Å²) in [5.74, 6) is -1.80. The summed E-state index contributed by atoms with van der Waals surface area (Å²) >= 11 is 0. The van der Waals surface area contributed by atoms with Crippen LogP contribution in [-0.2, 0) is 4.74 Å². The Kier molecular flexibility index (Phi) is 5.13. The molecule has 130 valence electrons. The molecule has 26 heavy (non-hydrogen) atoms. The monoisotopic (exact) mass is 346 g/mol. The second-order valence-corrected chi connectivity index (χ2v) is 5.67. The number of carbonyl (C=O) groups excluding carboxylic acids is 1. The zero-order valence-electron chi connectivity index (χ0n) is 14.3. The molecule has 3 rings (SSSR count). The van der Waals surface area contributed by atoms with Crippen LogP contribution in [0.3, 0.4) is 0 Å². The second kappa shape index (κ2) is 7.66. The molecule has 0 unspecified atom stereocenters. The largest absolute Gasteiger partial charge is 0.478 e.